The maximum atomic E-state index is 12.7. The Kier molecular flexibility index (Phi) is 3.74. The molecule has 6 nitrogen and oxygen atoms in total. The highest BCUT2D eigenvalue weighted by Gasteiger charge is 2.55. The zero-order valence-corrected chi connectivity index (χ0v) is 13.3. The average molecular weight is 325 g/mol. The summed E-state index contributed by atoms with van der Waals surface area (Å²) in [5.41, 5.74) is 0.601. The van der Waals surface area contributed by atoms with E-state index in [1.165, 1.54) is 12.1 Å². The Morgan fingerprint density at radius 2 is 1.95 bits per heavy atom. The van der Waals surface area contributed by atoms with Crippen molar-refractivity contribution in [3.05, 3.63) is 29.3 Å². The van der Waals surface area contributed by atoms with Crippen molar-refractivity contribution >= 4 is 16.0 Å². The van der Waals surface area contributed by atoms with E-state index in [1.54, 1.807) is 6.07 Å². The molecule has 3 rings (SSSR count). The highest BCUT2D eigenvalue weighted by atomic mass is 32.2. The number of rotatable bonds is 5. The molecule has 1 unspecified atom stereocenters. The number of ether oxygens (including phenoxy) is 1. The normalized spacial score (nSPS) is 27.0. The molecule has 1 heterocycles. The smallest absolute Gasteiger partial charge is 0.335 e. The van der Waals surface area contributed by atoms with Gasteiger partial charge in [0.15, 0.2) is 0 Å². The van der Waals surface area contributed by atoms with Gasteiger partial charge in [-0.2, -0.15) is 0 Å². The summed E-state index contributed by atoms with van der Waals surface area (Å²) < 4.78 is 33.3. The molecule has 2 fully saturated rings. The topological polar surface area (TPSA) is 92.7 Å². The third kappa shape index (κ3) is 2.64. The second kappa shape index (κ2) is 5.33. The number of carboxylic acids is 1. The van der Waals surface area contributed by atoms with Gasteiger partial charge in [0.2, 0.25) is 10.0 Å². The minimum atomic E-state index is -3.74. The molecule has 1 aromatic rings. The van der Waals surface area contributed by atoms with Crippen LogP contribution in [0.25, 0.3) is 0 Å². The quantitative estimate of drug-likeness (QED) is 0.854. The van der Waals surface area contributed by atoms with E-state index in [0.717, 1.165) is 0 Å². The number of hydrogen-bond acceptors (Lipinski definition) is 4. The van der Waals surface area contributed by atoms with Gasteiger partial charge in [0.05, 0.1) is 23.7 Å². The molecule has 0 aromatic heterocycles. The monoisotopic (exact) mass is 325 g/mol. The molecule has 7 heteroatoms. The van der Waals surface area contributed by atoms with Gasteiger partial charge >= 0.3 is 5.97 Å². The van der Waals surface area contributed by atoms with E-state index in [0.29, 0.717) is 18.8 Å². The van der Waals surface area contributed by atoms with Crippen molar-refractivity contribution in [1.82, 2.24) is 4.72 Å². The number of nitrogens with one attached hydrogen (secondary N) is 1. The van der Waals surface area contributed by atoms with Crippen LogP contribution in [0.4, 0.5) is 0 Å². The molecule has 0 spiro atoms. The fraction of sp³-hybridized carbons (Fsp3) is 0.533. The van der Waals surface area contributed by atoms with Crippen LogP contribution in [0.1, 0.15) is 35.7 Å². The van der Waals surface area contributed by atoms with E-state index in [-0.39, 0.29) is 34.3 Å². The molecule has 1 saturated carbocycles. The molecule has 1 aromatic carbocycles. The summed E-state index contributed by atoms with van der Waals surface area (Å²) in [4.78, 5) is 11.2. The second-order valence-corrected chi connectivity index (χ2v) is 7.91. The van der Waals surface area contributed by atoms with Crippen molar-refractivity contribution < 1.29 is 23.1 Å². The van der Waals surface area contributed by atoms with E-state index in [9.17, 15) is 13.2 Å². The lowest BCUT2D eigenvalue weighted by molar-refractivity contribution is 0.0696. The molecule has 2 aliphatic rings. The van der Waals surface area contributed by atoms with Gasteiger partial charge in [0, 0.05) is 17.9 Å². The molecule has 3 atom stereocenters. The maximum absolute atomic E-state index is 12.7. The van der Waals surface area contributed by atoms with Crippen molar-refractivity contribution in [2.45, 2.75) is 30.7 Å². The standard InChI is InChI=1S/C15H19NO5S/c1-8(2)10-4-3-9(15(17)18)5-13(10)22(19,20)16-14-11-6-21-7-12(11)14/h3-5,8,11-12,14,16H,6-7H2,1-2H3,(H,17,18)/t11-,12+,14?. The summed E-state index contributed by atoms with van der Waals surface area (Å²) in [5.74, 6) is -0.653. The predicted molar refractivity (Wildman–Crippen MR) is 79.4 cm³/mol. The van der Waals surface area contributed by atoms with Gasteiger partial charge < -0.3 is 9.84 Å². The molecule has 1 aliphatic heterocycles. The summed E-state index contributed by atoms with van der Waals surface area (Å²) in [6, 6.07) is 4.18. The molecular weight excluding hydrogens is 306 g/mol. The Morgan fingerprint density at radius 3 is 2.50 bits per heavy atom. The summed E-state index contributed by atoms with van der Waals surface area (Å²) in [6.07, 6.45) is 0. The molecule has 1 saturated heterocycles. The van der Waals surface area contributed by atoms with E-state index in [1.807, 2.05) is 13.8 Å². The van der Waals surface area contributed by atoms with Gasteiger partial charge in [0.25, 0.3) is 0 Å². The number of carboxylic acid groups (broad SMARTS) is 1. The van der Waals surface area contributed by atoms with Crippen LogP contribution in [0.3, 0.4) is 0 Å². The maximum Gasteiger partial charge on any atom is 0.335 e. The van der Waals surface area contributed by atoms with Crippen molar-refractivity contribution in [3.8, 4) is 0 Å². The summed E-state index contributed by atoms with van der Waals surface area (Å²) in [6.45, 7) is 4.94. The zero-order chi connectivity index (χ0) is 16.1. The minimum Gasteiger partial charge on any atom is -0.478 e. The Balaban J connectivity index is 1.94. The summed E-state index contributed by atoms with van der Waals surface area (Å²) in [5, 5.41) is 9.10. The van der Waals surface area contributed by atoms with Crippen molar-refractivity contribution in [1.29, 1.82) is 0 Å². The molecular formula is C15H19NO5S. The van der Waals surface area contributed by atoms with Gasteiger partial charge in [-0.15, -0.1) is 0 Å². The highest BCUT2D eigenvalue weighted by molar-refractivity contribution is 7.89. The van der Waals surface area contributed by atoms with Crippen LogP contribution in [0, 0.1) is 11.8 Å². The van der Waals surface area contributed by atoms with Gasteiger partial charge in [0.1, 0.15) is 0 Å². The highest BCUT2D eigenvalue weighted by Crippen LogP contribution is 2.45. The van der Waals surface area contributed by atoms with Gasteiger partial charge in [-0.3, -0.25) is 0 Å². The average Bonchev–Trinajstić information content (AvgIpc) is 2.87. The molecule has 2 N–H and O–H groups in total. The zero-order valence-electron chi connectivity index (χ0n) is 12.4. The first-order valence-electron chi connectivity index (χ1n) is 7.28. The van der Waals surface area contributed by atoms with E-state index in [2.05, 4.69) is 4.72 Å². The Bertz CT molecular complexity index is 703. The second-order valence-electron chi connectivity index (χ2n) is 6.22. The number of fused-ring (bicyclic) bond motifs is 1. The predicted octanol–water partition coefficient (Wildman–Crippen LogP) is 1.43. The minimum absolute atomic E-state index is 0.0172. The van der Waals surface area contributed by atoms with E-state index in [4.69, 9.17) is 9.84 Å². The lowest BCUT2D eigenvalue weighted by Gasteiger charge is -2.15. The molecule has 1 aliphatic carbocycles. The first-order chi connectivity index (χ1) is 10.3. The lowest BCUT2D eigenvalue weighted by Crippen LogP contribution is -2.31. The first kappa shape index (κ1) is 15.5. The Morgan fingerprint density at radius 1 is 1.32 bits per heavy atom. The largest absolute Gasteiger partial charge is 0.478 e. The molecule has 0 radical (unpaired) electrons. The van der Waals surface area contributed by atoms with E-state index >= 15 is 0 Å². The van der Waals surface area contributed by atoms with Gasteiger partial charge in [-0.25, -0.2) is 17.9 Å². The Labute approximate surface area is 129 Å². The van der Waals surface area contributed by atoms with Gasteiger partial charge in [-0.05, 0) is 23.6 Å². The fourth-order valence-electron chi connectivity index (χ4n) is 3.03. The SMILES string of the molecule is CC(C)c1ccc(C(=O)O)cc1S(=O)(=O)NC1[C@H]2COC[C@@H]12. The van der Waals surface area contributed by atoms with Crippen LogP contribution < -0.4 is 4.72 Å². The van der Waals surface area contributed by atoms with Crippen LogP contribution in [0.5, 0.6) is 0 Å². The van der Waals surface area contributed by atoms with Crippen molar-refractivity contribution in [2.75, 3.05) is 13.2 Å². The fourth-order valence-corrected chi connectivity index (χ4v) is 4.77. The summed E-state index contributed by atoms with van der Waals surface area (Å²) >= 11 is 0. The van der Waals surface area contributed by atoms with Crippen LogP contribution in [-0.2, 0) is 14.8 Å². The number of carbonyl (C=O) groups is 1. The number of sulfonamides is 1. The molecule has 120 valence electrons. The van der Waals surface area contributed by atoms with Crippen LogP contribution in [-0.4, -0.2) is 38.7 Å². The number of benzene rings is 1. The van der Waals surface area contributed by atoms with E-state index < -0.39 is 16.0 Å². The van der Waals surface area contributed by atoms with Crippen LogP contribution in [0.2, 0.25) is 0 Å². The third-order valence-electron chi connectivity index (χ3n) is 4.42. The lowest BCUT2D eigenvalue weighted by atomic mass is 10.0. The molecule has 0 bridgehead atoms. The molecule has 0 amide bonds. The first-order valence-corrected chi connectivity index (χ1v) is 8.77. The van der Waals surface area contributed by atoms with Crippen LogP contribution in [0.15, 0.2) is 23.1 Å². The van der Waals surface area contributed by atoms with Gasteiger partial charge in [-0.1, -0.05) is 19.9 Å². The Hall–Kier alpha value is -1.44. The van der Waals surface area contributed by atoms with Crippen molar-refractivity contribution in [2.24, 2.45) is 11.8 Å². The summed E-state index contributed by atoms with van der Waals surface area (Å²) in [7, 11) is -3.74. The van der Waals surface area contributed by atoms with Crippen molar-refractivity contribution in [3.63, 3.8) is 0 Å². The number of hydrogen-bond donors (Lipinski definition) is 2. The molecule has 22 heavy (non-hydrogen) atoms. The van der Waals surface area contributed by atoms with Crippen LogP contribution >= 0.6 is 0 Å². The number of aromatic carboxylic acids is 1. The third-order valence-corrected chi connectivity index (χ3v) is 5.93.